The standard InChI is InChI=1S/C11H21N3O/c1-3-5-12-8-11-9-14(10-13-11)6-7-15-4-2/h9-10,12H,3-8H2,1-2H3. The van der Waals surface area contributed by atoms with E-state index in [1.807, 2.05) is 13.3 Å². The van der Waals surface area contributed by atoms with Gasteiger partial charge in [-0.05, 0) is 19.9 Å². The number of imidazole rings is 1. The molecule has 1 aromatic rings. The Labute approximate surface area is 91.7 Å². The number of hydrogen-bond acceptors (Lipinski definition) is 3. The smallest absolute Gasteiger partial charge is 0.0950 e. The first-order chi connectivity index (χ1) is 7.36. The number of ether oxygens (including phenoxy) is 1. The van der Waals surface area contributed by atoms with Crippen molar-refractivity contribution in [3.05, 3.63) is 18.2 Å². The summed E-state index contributed by atoms with van der Waals surface area (Å²) in [6, 6.07) is 0. The maximum absolute atomic E-state index is 5.28. The van der Waals surface area contributed by atoms with Crippen molar-refractivity contribution < 1.29 is 4.74 Å². The van der Waals surface area contributed by atoms with E-state index in [9.17, 15) is 0 Å². The van der Waals surface area contributed by atoms with Crippen molar-refractivity contribution in [1.29, 1.82) is 0 Å². The molecule has 0 aliphatic rings. The summed E-state index contributed by atoms with van der Waals surface area (Å²) in [6.07, 6.45) is 5.09. The van der Waals surface area contributed by atoms with Gasteiger partial charge >= 0.3 is 0 Å². The second kappa shape index (κ2) is 7.43. The summed E-state index contributed by atoms with van der Waals surface area (Å²) >= 11 is 0. The van der Waals surface area contributed by atoms with Crippen molar-refractivity contribution >= 4 is 0 Å². The Morgan fingerprint density at radius 2 is 2.33 bits per heavy atom. The fraction of sp³-hybridized carbons (Fsp3) is 0.727. The van der Waals surface area contributed by atoms with Crippen LogP contribution in [0.1, 0.15) is 26.0 Å². The zero-order chi connectivity index (χ0) is 10.9. The lowest BCUT2D eigenvalue weighted by molar-refractivity contribution is 0.139. The first-order valence-electron chi connectivity index (χ1n) is 5.66. The third kappa shape index (κ3) is 4.95. The van der Waals surface area contributed by atoms with Gasteiger partial charge in [-0.15, -0.1) is 0 Å². The van der Waals surface area contributed by atoms with E-state index in [1.54, 1.807) is 0 Å². The summed E-state index contributed by atoms with van der Waals surface area (Å²) in [4.78, 5) is 4.31. The van der Waals surface area contributed by atoms with Gasteiger partial charge in [0.05, 0.1) is 18.6 Å². The molecule has 0 spiro atoms. The zero-order valence-electron chi connectivity index (χ0n) is 9.70. The molecule has 0 amide bonds. The first kappa shape index (κ1) is 12.2. The van der Waals surface area contributed by atoms with Gasteiger partial charge in [-0.3, -0.25) is 0 Å². The molecule has 86 valence electrons. The average molecular weight is 211 g/mol. The monoisotopic (exact) mass is 211 g/mol. The van der Waals surface area contributed by atoms with Crippen LogP contribution < -0.4 is 5.32 Å². The van der Waals surface area contributed by atoms with E-state index in [-0.39, 0.29) is 0 Å². The summed E-state index contributed by atoms with van der Waals surface area (Å²) in [5, 5.41) is 3.32. The third-order valence-corrected chi connectivity index (χ3v) is 2.12. The number of nitrogens with one attached hydrogen (secondary N) is 1. The maximum atomic E-state index is 5.28. The number of aromatic nitrogens is 2. The molecule has 0 bridgehead atoms. The zero-order valence-corrected chi connectivity index (χ0v) is 9.70. The lowest BCUT2D eigenvalue weighted by atomic mass is 10.4. The second-order valence-corrected chi connectivity index (χ2v) is 3.48. The Balaban J connectivity index is 2.23. The van der Waals surface area contributed by atoms with Crippen molar-refractivity contribution in [2.24, 2.45) is 0 Å². The van der Waals surface area contributed by atoms with E-state index in [0.717, 1.165) is 45.0 Å². The Kier molecular flexibility index (Phi) is 6.04. The van der Waals surface area contributed by atoms with Crippen LogP contribution in [-0.2, 0) is 17.8 Å². The van der Waals surface area contributed by atoms with Gasteiger partial charge in [-0.2, -0.15) is 0 Å². The highest BCUT2D eigenvalue weighted by Gasteiger charge is 1.97. The number of hydrogen-bond donors (Lipinski definition) is 1. The molecular weight excluding hydrogens is 190 g/mol. The lowest BCUT2D eigenvalue weighted by Crippen LogP contribution is -2.13. The minimum atomic E-state index is 0.759. The molecular formula is C11H21N3O. The lowest BCUT2D eigenvalue weighted by Gasteiger charge is -2.01. The van der Waals surface area contributed by atoms with Gasteiger partial charge < -0.3 is 14.6 Å². The van der Waals surface area contributed by atoms with Gasteiger partial charge in [0.2, 0.25) is 0 Å². The minimum Gasteiger partial charge on any atom is -0.380 e. The summed E-state index contributed by atoms with van der Waals surface area (Å²) in [5.74, 6) is 0. The highest BCUT2D eigenvalue weighted by Crippen LogP contribution is 1.96. The van der Waals surface area contributed by atoms with Gasteiger partial charge in [0, 0.05) is 25.9 Å². The molecule has 4 heteroatoms. The SMILES string of the molecule is CCCNCc1cn(CCOCC)cn1. The van der Waals surface area contributed by atoms with Crippen molar-refractivity contribution in [1.82, 2.24) is 14.9 Å². The van der Waals surface area contributed by atoms with Gasteiger partial charge in [0.25, 0.3) is 0 Å². The quantitative estimate of drug-likeness (QED) is 0.661. The minimum absolute atomic E-state index is 0.759. The maximum Gasteiger partial charge on any atom is 0.0950 e. The van der Waals surface area contributed by atoms with E-state index in [2.05, 4.69) is 28.0 Å². The molecule has 0 aliphatic carbocycles. The summed E-state index contributed by atoms with van der Waals surface area (Å²) in [5.41, 5.74) is 1.10. The molecule has 0 aromatic carbocycles. The van der Waals surface area contributed by atoms with Crippen LogP contribution in [-0.4, -0.2) is 29.3 Å². The Morgan fingerprint density at radius 1 is 1.47 bits per heavy atom. The largest absolute Gasteiger partial charge is 0.380 e. The van der Waals surface area contributed by atoms with Crippen molar-refractivity contribution in [3.8, 4) is 0 Å². The first-order valence-corrected chi connectivity index (χ1v) is 5.66. The molecule has 0 atom stereocenters. The van der Waals surface area contributed by atoms with Crippen LogP contribution >= 0.6 is 0 Å². The second-order valence-electron chi connectivity index (χ2n) is 3.48. The fourth-order valence-electron chi connectivity index (χ4n) is 1.33. The van der Waals surface area contributed by atoms with Gasteiger partial charge in [0.15, 0.2) is 0 Å². The molecule has 15 heavy (non-hydrogen) atoms. The number of rotatable bonds is 8. The normalized spacial score (nSPS) is 10.8. The van der Waals surface area contributed by atoms with Crippen LogP contribution in [0, 0.1) is 0 Å². The highest BCUT2D eigenvalue weighted by molar-refractivity contribution is 4.95. The molecule has 1 N–H and O–H groups in total. The Morgan fingerprint density at radius 3 is 3.07 bits per heavy atom. The molecule has 0 saturated heterocycles. The molecule has 0 saturated carbocycles. The molecule has 0 aliphatic heterocycles. The van der Waals surface area contributed by atoms with Gasteiger partial charge in [-0.25, -0.2) is 4.98 Å². The summed E-state index contributed by atoms with van der Waals surface area (Å²) < 4.78 is 7.35. The molecule has 4 nitrogen and oxygen atoms in total. The van der Waals surface area contributed by atoms with E-state index in [0.29, 0.717) is 0 Å². The molecule has 0 unspecified atom stereocenters. The van der Waals surface area contributed by atoms with Crippen LogP contribution in [0.15, 0.2) is 12.5 Å². The van der Waals surface area contributed by atoms with E-state index < -0.39 is 0 Å². The van der Waals surface area contributed by atoms with Crippen LogP contribution in [0.2, 0.25) is 0 Å². The third-order valence-electron chi connectivity index (χ3n) is 2.12. The van der Waals surface area contributed by atoms with Gasteiger partial charge in [0.1, 0.15) is 0 Å². The Hall–Kier alpha value is -0.870. The molecule has 0 fully saturated rings. The van der Waals surface area contributed by atoms with Crippen molar-refractivity contribution in [2.45, 2.75) is 33.4 Å². The van der Waals surface area contributed by atoms with Crippen LogP contribution in [0.5, 0.6) is 0 Å². The average Bonchev–Trinajstić information content (AvgIpc) is 2.67. The van der Waals surface area contributed by atoms with Crippen LogP contribution in [0.4, 0.5) is 0 Å². The van der Waals surface area contributed by atoms with E-state index in [4.69, 9.17) is 4.74 Å². The highest BCUT2D eigenvalue weighted by atomic mass is 16.5. The van der Waals surface area contributed by atoms with Crippen LogP contribution in [0.3, 0.4) is 0 Å². The van der Waals surface area contributed by atoms with Crippen LogP contribution in [0.25, 0.3) is 0 Å². The predicted molar refractivity (Wildman–Crippen MR) is 60.7 cm³/mol. The van der Waals surface area contributed by atoms with Gasteiger partial charge in [-0.1, -0.05) is 6.92 Å². The molecule has 0 radical (unpaired) electrons. The molecule has 1 heterocycles. The van der Waals surface area contributed by atoms with E-state index >= 15 is 0 Å². The molecule has 1 aromatic heterocycles. The fourth-order valence-corrected chi connectivity index (χ4v) is 1.33. The predicted octanol–water partition coefficient (Wildman–Crippen LogP) is 1.42. The summed E-state index contributed by atoms with van der Waals surface area (Å²) in [7, 11) is 0. The van der Waals surface area contributed by atoms with E-state index in [1.165, 1.54) is 0 Å². The number of nitrogens with zero attached hydrogens (tertiary/aromatic N) is 2. The van der Waals surface area contributed by atoms with Crippen molar-refractivity contribution in [3.63, 3.8) is 0 Å². The molecule has 1 rings (SSSR count). The van der Waals surface area contributed by atoms with Crippen molar-refractivity contribution in [2.75, 3.05) is 19.8 Å². The summed E-state index contributed by atoms with van der Waals surface area (Å²) in [6.45, 7) is 8.49. The topological polar surface area (TPSA) is 39.1 Å². The Bertz CT molecular complexity index is 236.